The molecule has 128 valence electrons. The van der Waals surface area contributed by atoms with Gasteiger partial charge in [-0.1, -0.05) is 18.2 Å². The van der Waals surface area contributed by atoms with Gasteiger partial charge in [-0.15, -0.1) is 0 Å². The molecule has 1 N–H and O–H groups in total. The van der Waals surface area contributed by atoms with E-state index in [-0.39, 0.29) is 6.42 Å². The molecular formula is C18H29N3O2. The number of aliphatic carboxylic acids is 1. The van der Waals surface area contributed by atoms with Crippen LogP contribution in [0.25, 0.3) is 0 Å². The highest BCUT2D eigenvalue weighted by molar-refractivity contribution is 5.66. The Morgan fingerprint density at radius 3 is 2.43 bits per heavy atom. The lowest BCUT2D eigenvalue weighted by Crippen LogP contribution is -2.48. The van der Waals surface area contributed by atoms with Crippen molar-refractivity contribution in [3.8, 4) is 0 Å². The summed E-state index contributed by atoms with van der Waals surface area (Å²) in [6.45, 7) is 7.54. The Labute approximate surface area is 139 Å². The Kier molecular flexibility index (Phi) is 7.36. The molecular weight excluding hydrogens is 290 g/mol. The van der Waals surface area contributed by atoms with E-state index in [2.05, 4.69) is 52.1 Å². The van der Waals surface area contributed by atoms with Gasteiger partial charge < -0.3 is 14.9 Å². The second-order valence-corrected chi connectivity index (χ2v) is 6.32. The zero-order valence-corrected chi connectivity index (χ0v) is 14.2. The third-order valence-electron chi connectivity index (χ3n) is 4.47. The molecule has 0 saturated carbocycles. The smallest absolute Gasteiger partial charge is 0.303 e. The number of hydrogen-bond acceptors (Lipinski definition) is 4. The number of rotatable bonds is 9. The molecule has 0 atom stereocenters. The van der Waals surface area contributed by atoms with Crippen LogP contribution in [-0.2, 0) is 4.79 Å². The number of unbranched alkanes of at least 4 members (excludes halogenated alkanes) is 1. The first-order valence-corrected chi connectivity index (χ1v) is 8.58. The number of carboxylic acid groups (broad SMARTS) is 1. The minimum atomic E-state index is -0.691. The third-order valence-corrected chi connectivity index (χ3v) is 4.47. The number of carbonyl (C=O) groups is 1. The van der Waals surface area contributed by atoms with E-state index in [1.165, 1.54) is 5.69 Å². The predicted octanol–water partition coefficient (Wildman–Crippen LogP) is 2.00. The highest BCUT2D eigenvalue weighted by Gasteiger charge is 2.16. The average molecular weight is 319 g/mol. The van der Waals surface area contributed by atoms with E-state index in [0.29, 0.717) is 0 Å². The van der Waals surface area contributed by atoms with Crippen LogP contribution < -0.4 is 4.90 Å². The van der Waals surface area contributed by atoms with Gasteiger partial charge in [0.2, 0.25) is 0 Å². The van der Waals surface area contributed by atoms with Gasteiger partial charge in [0.1, 0.15) is 0 Å². The van der Waals surface area contributed by atoms with Gasteiger partial charge in [0.15, 0.2) is 0 Å². The summed E-state index contributed by atoms with van der Waals surface area (Å²) in [6.07, 6.45) is 2.02. The molecule has 0 radical (unpaired) electrons. The lowest BCUT2D eigenvalue weighted by atomic mass is 10.2. The van der Waals surface area contributed by atoms with Crippen LogP contribution in [0, 0.1) is 0 Å². The maximum absolute atomic E-state index is 10.5. The Morgan fingerprint density at radius 2 is 1.78 bits per heavy atom. The van der Waals surface area contributed by atoms with Gasteiger partial charge in [-0.2, -0.15) is 0 Å². The molecule has 1 aliphatic rings. The highest BCUT2D eigenvalue weighted by atomic mass is 16.4. The number of hydrogen-bond donors (Lipinski definition) is 1. The summed E-state index contributed by atoms with van der Waals surface area (Å²) in [7, 11) is 2.13. The van der Waals surface area contributed by atoms with E-state index in [4.69, 9.17) is 5.11 Å². The maximum atomic E-state index is 10.5. The molecule has 5 heteroatoms. The molecule has 1 aromatic carbocycles. The quantitative estimate of drug-likeness (QED) is 0.706. The van der Waals surface area contributed by atoms with Crippen LogP contribution in [0.15, 0.2) is 30.3 Å². The minimum absolute atomic E-state index is 0.287. The van der Waals surface area contributed by atoms with E-state index in [9.17, 15) is 4.79 Å². The van der Waals surface area contributed by atoms with E-state index < -0.39 is 5.97 Å². The summed E-state index contributed by atoms with van der Waals surface area (Å²) < 4.78 is 0. The molecule has 1 aliphatic heterocycles. The van der Waals surface area contributed by atoms with Crippen molar-refractivity contribution in [1.29, 1.82) is 0 Å². The van der Waals surface area contributed by atoms with Crippen molar-refractivity contribution in [1.82, 2.24) is 9.80 Å². The number of carboxylic acids is 1. The lowest BCUT2D eigenvalue weighted by molar-refractivity contribution is -0.137. The molecule has 0 spiro atoms. The second-order valence-electron chi connectivity index (χ2n) is 6.32. The van der Waals surface area contributed by atoms with Crippen LogP contribution >= 0.6 is 0 Å². The molecule has 0 aromatic heterocycles. The molecule has 2 rings (SSSR count). The highest BCUT2D eigenvalue weighted by Crippen LogP contribution is 2.15. The van der Waals surface area contributed by atoms with Crippen molar-refractivity contribution in [2.45, 2.75) is 19.3 Å². The van der Waals surface area contributed by atoms with Gasteiger partial charge >= 0.3 is 5.97 Å². The topological polar surface area (TPSA) is 47.0 Å². The number of nitrogens with zero attached hydrogens (tertiary/aromatic N) is 3. The van der Waals surface area contributed by atoms with Gasteiger partial charge in [-0.25, -0.2) is 0 Å². The van der Waals surface area contributed by atoms with Crippen molar-refractivity contribution in [2.24, 2.45) is 0 Å². The zero-order chi connectivity index (χ0) is 16.5. The van der Waals surface area contributed by atoms with Crippen molar-refractivity contribution in [2.75, 3.05) is 57.8 Å². The second kappa shape index (κ2) is 9.53. The Hall–Kier alpha value is -1.59. The molecule has 0 bridgehead atoms. The molecule has 1 aromatic rings. The minimum Gasteiger partial charge on any atom is -0.481 e. The molecule has 1 fully saturated rings. The third kappa shape index (κ3) is 6.59. The standard InChI is InChI=1S/C18H29N3O2/c1-19(10-6-5-9-18(22)23)11-12-20-13-15-21(16-14-20)17-7-3-2-4-8-17/h2-4,7-8H,5-6,9-16H2,1H3,(H,22,23). The largest absolute Gasteiger partial charge is 0.481 e. The summed E-state index contributed by atoms with van der Waals surface area (Å²) >= 11 is 0. The molecule has 1 heterocycles. The van der Waals surface area contributed by atoms with Crippen molar-refractivity contribution in [3.05, 3.63) is 30.3 Å². The molecule has 0 aliphatic carbocycles. The zero-order valence-electron chi connectivity index (χ0n) is 14.2. The van der Waals surface area contributed by atoms with Crippen LogP contribution in [0.2, 0.25) is 0 Å². The number of piperazine rings is 1. The lowest BCUT2D eigenvalue weighted by Gasteiger charge is -2.36. The fourth-order valence-electron chi connectivity index (χ4n) is 2.95. The molecule has 1 saturated heterocycles. The van der Waals surface area contributed by atoms with Crippen LogP contribution in [0.1, 0.15) is 19.3 Å². The molecule has 5 nitrogen and oxygen atoms in total. The molecule has 0 amide bonds. The van der Waals surface area contributed by atoms with Crippen LogP contribution in [0.3, 0.4) is 0 Å². The first kappa shape index (κ1) is 17.8. The van der Waals surface area contributed by atoms with Crippen LogP contribution in [0.5, 0.6) is 0 Å². The van der Waals surface area contributed by atoms with Gasteiger partial charge in [-0.05, 0) is 38.6 Å². The molecule has 23 heavy (non-hydrogen) atoms. The first-order chi connectivity index (χ1) is 11.1. The first-order valence-electron chi connectivity index (χ1n) is 8.58. The Morgan fingerprint density at radius 1 is 1.09 bits per heavy atom. The van der Waals surface area contributed by atoms with E-state index >= 15 is 0 Å². The summed E-state index contributed by atoms with van der Waals surface area (Å²) in [4.78, 5) is 17.8. The van der Waals surface area contributed by atoms with Gasteiger partial charge in [0.25, 0.3) is 0 Å². The van der Waals surface area contributed by atoms with Crippen molar-refractivity contribution < 1.29 is 9.90 Å². The Balaban J connectivity index is 1.58. The summed E-state index contributed by atoms with van der Waals surface area (Å²) in [6, 6.07) is 10.6. The van der Waals surface area contributed by atoms with Gasteiger partial charge in [0.05, 0.1) is 0 Å². The fraction of sp³-hybridized carbons (Fsp3) is 0.611. The number of likely N-dealkylation sites (N-methyl/N-ethyl adjacent to an activating group) is 1. The van der Waals surface area contributed by atoms with Gasteiger partial charge in [-0.3, -0.25) is 9.69 Å². The summed E-state index contributed by atoms with van der Waals surface area (Å²) in [5, 5.41) is 8.63. The fourth-order valence-corrected chi connectivity index (χ4v) is 2.95. The number of benzene rings is 1. The Bertz CT molecular complexity index is 459. The van der Waals surface area contributed by atoms with E-state index in [1.807, 2.05) is 0 Å². The van der Waals surface area contributed by atoms with Crippen LogP contribution in [-0.4, -0.2) is 73.7 Å². The van der Waals surface area contributed by atoms with E-state index in [0.717, 1.165) is 58.7 Å². The number of anilines is 1. The maximum Gasteiger partial charge on any atom is 0.303 e. The van der Waals surface area contributed by atoms with Gasteiger partial charge in [0, 0.05) is 51.4 Å². The van der Waals surface area contributed by atoms with E-state index in [1.54, 1.807) is 0 Å². The number of para-hydroxylation sites is 1. The SMILES string of the molecule is CN(CCCCC(=O)O)CCN1CCN(c2ccccc2)CC1. The average Bonchev–Trinajstić information content (AvgIpc) is 2.58. The van der Waals surface area contributed by atoms with Crippen molar-refractivity contribution in [3.63, 3.8) is 0 Å². The summed E-state index contributed by atoms with van der Waals surface area (Å²) in [5.74, 6) is -0.691. The van der Waals surface area contributed by atoms with Crippen LogP contribution in [0.4, 0.5) is 5.69 Å². The van der Waals surface area contributed by atoms with Crippen molar-refractivity contribution >= 4 is 11.7 Å². The normalized spacial score (nSPS) is 16.0. The monoisotopic (exact) mass is 319 g/mol. The molecule has 0 unspecified atom stereocenters. The summed E-state index contributed by atoms with van der Waals surface area (Å²) in [5.41, 5.74) is 1.32. The predicted molar refractivity (Wildman–Crippen MR) is 94.1 cm³/mol.